The second kappa shape index (κ2) is 4.50. The van der Waals surface area contributed by atoms with Crippen LogP contribution in [0.5, 0.6) is 0 Å². The molecule has 3 heteroatoms. The summed E-state index contributed by atoms with van der Waals surface area (Å²) in [6.07, 6.45) is 0.274. The molecule has 0 radical (unpaired) electrons. The average molecular weight is 173 g/mol. The van der Waals surface area contributed by atoms with E-state index in [0.29, 0.717) is 0 Å². The maximum atomic E-state index is 11.4. The first kappa shape index (κ1) is 7.34. The summed E-state index contributed by atoms with van der Waals surface area (Å²) in [6, 6.07) is 0. The maximum Gasteiger partial charge on any atom is 0.102 e. The van der Waals surface area contributed by atoms with Crippen LogP contribution in [0.25, 0.3) is 0 Å². The van der Waals surface area contributed by atoms with Crippen molar-refractivity contribution in [2.75, 3.05) is 13.3 Å². The monoisotopic (exact) mass is 172 g/mol. The highest BCUT2D eigenvalue weighted by Gasteiger charge is 1.99. The Hall–Kier alpha value is 0.340. The van der Waals surface area contributed by atoms with Gasteiger partial charge in [-0.1, -0.05) is 15.9 Å². The zero-order chi connectivity index (χ0) is 5.70. The molecule has 0 heterocycles. The van der Waals surface area contributed by atoms with Gasteiger partial charge in [-0.15, -0.1) is 0 Å². The Bertz CT molecular complexity index is 40.7. The standard InChI is InChI=1S/C4H7BrF2/c5-4(3-7)1-2-6/h4H,1-3H2. The van der Waals surface area contributed by atoms with Crippen LogP contribution in [0.2, 0.25) is 0 Å². The van der Waals surface area contributed by atoms with Crippen molar-refractivity contribution in [3.8, 4) is 0 Å². The van der Waals surface area contributed by atoms with Crippen molar-refractivity contribution in [2.24, 2.45) is 0 Å². The molecule has 0 aromatic rings. The molecule has 0 aliphatic rings. The SMILES string of the molecule is FCCC(Br)CF. The largest absolute Gasteiger partial charge is 0.251 e. The summed E-state index contributed by atoms with van der Waals surface area (Å²) in [5.41, 5.74) is 0. The second-order valence-corrected chi connectivity index (χ2v) is 2.52. The Morgan fingerprint density at radius 3 is 2.14 bits per heavy atom. The normalized spacial score (nSPS) is 14.1. The number of halogens is 3. The third kappa shape index (κ3) is 4.19. The quantitative estimate of drug-likeness (QED) is 0.573. The minimum atomic E-state index is -0.482. The molecule has 0 aromatic carbocycles. The number of rotatable bonds is 3. The first-order chi connectivity index (χ1) is 3.31. The van der Waals surface area contributed by atoms with Gasteiger partial charge in [-0.05, 0) is 6.42 Å². The summed E-state index contributed by atoms with van der Waals surface area (Å²) in [5.74, 6) is 0. The first-order valence-electron chi connectivity index (χ1n) is 2.07. The van der Waals surface area contributed by atoms with Crippen LogP contribution in [-0.2, 0) is 0 Å². The molecule has 0 rings (SSSR count). The van der Waals surface area contributed by atoms with Gasteiger partial charge in [-0.2, -0.15) is 0 Å². The van der Waals surface area contributed by atoms with Crippen LogP contribution in [-0.4, -0.2) is 18.2 Å². The molecule has 0 aliphatic heterocycles. The van der Waals surface area contributed by atoms with Gasteiger partial charge >= 0.3 is 0 Å². The summed E-state index contributed by atoms with van der Waals surface area (Å²) in [7, 11) is 0. The van der Waals surface area contributed by atoms with E-state index < -0.39 is 13.3 Å². The molecular weight excluding hydrogens is 166 g/mol. The van der Waals surface area contributed by atoms with Crippen LogP contribution < -0.4 is 0 Å². The van der Waals surface area contributed by atoms with Gasteiger partial charge in [0, 0.05) is 4.83 Å². The van der Waals surface area contributed by atoms with Crippen molar-refractivity contribution in [3.05, 3.63) is 0 Å². The molecule has 1 unspecified atom stereocenters. The molecule has 0 amide bonds. The van der Waals surface area contributed by atoms with Crippen LogP contribution in [0.15, 0.2) is 0 Å². The van der Waals surface area contributed by atoms with Crippen LogP contribution in [0.1, 0.15) is 6.42 Å². The van der Waals surface area contributed by atoms with Gasteiger partial charge in [-0.3, -0.25) is 4.39 Å². The van der Waals surface area contributed by atoms with Crippen molar-refractivity contribution in [2.45, 2.75) is 11.2 Å². The highest BCUT2D eigenvalue weighted by atomic mass is 79.9. The molecule has 0 spiro atoms. The third-order valence-electron chi connectivity index (χ3n) is 0.590. The first-order valence-corrected chi connectivity index (χ1v) is 2.98. The summed E-state index contributed by atoms with van der Waals surface area (Å²) in [5, 5.41) is 0. The molecule has 0 aliphatic carbocycles. The molecule has 7 heavy (non-hydrogen) atoms. The van der Waals surface area contributed by atoms with Gasteiger partial charge in [0.05, 0.1) is 6.67 Å². The molecule has 0 nitrogen and oxygen atoms in total. The van der Waals surface area contributed by atoms with Gasteiger partial charge in [0.2, 0.25) is 0 Å². The van der Waals surface area contributed by atoms with E-state index in [1.165, 1.54) is 0 Å². The van der Waals surface area contributed by atoms with Gasteiger partial charge in [0.25, 0.3) is 0 Å². The van der Waals surface area contributed by atoms with Gasteiger partial charge < -0.3 is 0 Å². The van der Waals surface area contributed by atoms with Crippen LogP contribution in [0, 0.1) is 0 Å². The predicted molar refractivity (Wildman–Crippen MR) is 29.3 cm³/mol. The third-order valence-corrected chi connectivity index (χ3v) is 1.29. The lowest BCUT2D eigenvalue weighted by molar-refractivity contribution is 0.420. The molecule has 0 fully saturated rings. The summed E-state index contributed by atoms with van der Waals surface area (Å²) < 4.78 is 22.6. The fourth-order valence-electron chi connectivity index (χ4n) is 0.196. The molecule has 0 N–H and O–H groups in total. The van der Waals surface area contributed by atoms with Crippen LogP contribution in [0.3, 0.4) is 0 Å². The Labute approximate surface area is 50.0 Å². The van der Waals surface area contributed by atoms with E-state index in [-0.39, 0.29) is 11.2 Å². The van der Waals surface area contributed by atoms with E-state index in [2.05, 4.69) is 15.9 Å². The van der Waals surface area contributed by atoms with E-state index in [4.69, 9.17) is 0 Å². The zero-order valence-corrected chi connectivity index (χ0v) is 5.42. The minimum absolute atomic E-state index is 0.274. The summed E-state index contributed by atoms with van der Waals surface area (Å²) in [6.45, 7) is -0.927. The minimum Gasteiger partial charge on any atom is -0.251 e. The average Bonchev–Trinajstić information content (AvgIpc) is 1.68. The lowest BCUT2D eigenvalue weighted by Gasteiger charge is -1.96. The predicted octanol–water partition coefficient (Wildman–Crippen LogP) is 2.08. The lowest BCUT2D eigenvalue weighted by atomic mass is 10.4. The molecule has 0 bridgehead atoms. The Morgan fingerprint density at radius 1 is 1.43 bits per heavy atom. The molecule has 44 valence electrons. The Balaban J connectivity index is 2.83. The van der Waals surface area contributed by atoms with Crippen molar-refractivity contribution in [3.63, 3.8) is 0 Å². The molecule has 0 saturated heterocycles. The smallest absolute Gasteiger partial charge is 0.102 e. The summed E-state index contributed by atoms with van der Waals surface area (Å²) in [4.78, 5) is -0.280. The fraction of sp³-hybridized carbons (Fsp3) is 1.00. The van der Waals surface area contributed by atoms with E-state index in [1.807, 2.05) is 0 Å². The molecule has 0 aromatic heterocycles. The molecule has 1 atom stereocenters. The topological polar surface area (TPSA) is 0 Å². The van der Waals surface area contributed by atoms with Crippen LogP contribution >= 0.6 is 15.9 Å². The van der Waals surface area contributed by atoms with Crippen molar-refractivity contribution in [1.82, 2.24) is 0 Å². The second-order valence-electron chi connectivity index (χ2n) is 1.23. The zero-order valence-electron chi connectivity index (χ0n) is 3.83. The molecular formula is C4H7BrF2. The highest BCUT2D eigenvalue weighted by Crippen LogP contribution is 2.04. The van der Waals surface area contributed by atoms with Crippen LogP contribution in [0.4, 0.5) is 8.78 Å². The molecule has 0 saturated carbocycles. The van der Waals surface area contributed by atoms with Crippen molar-refractivity contribution < 1.29 is 8.78 Å². The van der Waals surface area contributed by atoms with Gasteiger partial charge in [0.15, 0.2) is 0 Å². The lowest BCUT2D eigenvalue weighted by Crippen LogP contribution is -1.99. The van der Waals surface area contributed by atoms with Crippen molar-refractivity contribution >= 4 is 15.9 Å². The number of alkyl halides is 3. The number of hydrogen-bond acceptors (Lipinski definition) is 0. The van der Waals surface area contributed by atoms with E-state index in [9.17, 15) is 8.78 Å². The Kier molecular flexibility index (Phi) is 4.72. The van der Waals surface area contributed by atoms with E-state index >= 15 is 0 Å². The van der Waals surface area contributed by atoms with E-state index in [1.54, 1.807) is 0 Å². The number of hydrogen-bond donors (Lipinski definition) is 0. The van der Waals surface area contributed by atoms with Gasteiger partial charge in [0.1, 0.15) is 6.67 Å². The van der Waals surface area contributed by atoms with E-state index in [0.717, 1.165) is 0 Å². The van der Waals surface area contributed by atoms with Crippen molar-refractivity contribution in [1.29, 1.82) is 0 Å². The Morgan fingerprint density at radius 2 is 2.00 bits per heavy atom. The highest BCUT2D eigenvalue weighted by molar-refractivity contribution is 9.09. The maximum absolute atomic E-state index is 11.4. The fourth-order valence-corrected chi connectivity index (χ4v) is 0.369. The van der Waals surface area contributed by atoms with Gasteiger partial charge in [-0.25, -0.2) is 4.39 Å². The summed E-state index contributed by atoms with van der Waals surface area (Å²) >= 11 is 2.92.